The molecule has 0 saturated carbocycles. The van der Waals surface area contributed by atoms with Crippen LogP contribution < -0.4 is 0 Å². The molecule has 0 spiro atoms. The van der Waals surface area contributed by atoms with Crippen LogP contribution in [-0.2, 0) is 11.3 Å². The first kappa shape index (κ1) is 17.6. The first-order chi connectivity index (χ1) is 12.2. The van der Waals surface area contributed by atoms with E-state index in [1.54, 1.807) is 11.0 Å². The van der Waals surface area contributed by atoms with Gasteiger partial charge in [-0.2, -0.15) is 5.10 Å². The van der Waals surface area contributed by atoms with Gasteiger partial charge >= 0.3 is 0 Å². The summed E-state index contributed by atoms with van der Waals surface area (Å²) in [6.07, 6.45) is 4.67. The van der Waals surface area contributed by atoms with E-state index >= 15 is 0 Å². The van der Waals surface area contributed by atoms with Gasteiger partial charge in [0.15, 0.2) is 0 Å². The first-order valence-corrected chi connectivity index (χ1v) is 9.10. The molecular weight excluding hydrogens is 314 g/mol. The second-order valence-electron chi connectivity index (χ2n) is 6.61. The average Bonchev–Trinajstić information content (AvgIpc) is 3.33. The van der Waals surface area contributed by atoms with Crippen LogP contribution in [0.2, 0.25) is 0 Å². The van der Waals surface area contributed by atoms with E-state index < -0.39 is 0 Å². The highest BCUT2D eigenvalue weighted by atomic mass is 16.2. The Morgan fingerprint density at radius 3 is 2.84 bits per heavy atom. The van der Waals surface area contributed by atoms with Crippen molar-refractivity contribution in [3.63, 3.8) is 0 Å². The smallest absolute Gasteiger partial charge is 0.224 e. The van der Waals surface area contributed by atoms with E-state index in [4.69, 9.17) is 0 Å². The van der Waals surface area contributed by atoms with Crippen molar-refractivity contribution in [3.8, 4) is 0 Å². The summed E-state index contributed by atoms with van der Waals surface area (Å²) in [5.41, 5.74) is 1.34. The molecule has 134 valence electrons. The lowest BCUT2D eigenvalue weighted by atomic mass is 10.1. The number of likely N-dealkylation sites (tertiary alicyclic amines) is 1. The number of amides is 1. The number of hydrogen-bond donors (Lipinski definition) is 0. The number of likely N-dealkylation sites (N-methyl/N-ethyl adjacent to an activating group) is 1. The van der Waals surface area contributed by atoms with Gasteiger partial charge in [-0.25, -0.2) is 4.98 Å². The van der Waals surface area contributed by atoms with Gasteiger partial charge < -0.3 is 4.90 Å². The van der Waals surface area contributed by atoms with Crippen molar-refractivity contribution in [3.05, 3.63) is 48.5 Å². The maximum atomic E-state index is 12.6. The summed E-state index contributed by atoms with van der Waals surface area (Å²) in [7, 11) is 0. The predicted octanol–water partition coefficient (Wildman–Crippen LogP) is 2.35. The van der Waals surface area contributed by atoms with Crippen LogP contribution in [0.25, 0.3) is 0 Å². The number of aryl methyl sites for hydroxylation is 1. The lowest BCUT2D eigenvalue weighted by Crippen LogP contribution is -2.42. The highest BCUT2D eigenvalue weighted by Crippen LogP contribution is 2.26. The molecule has 0 bridgehead atoms. The second-order valence-corrected chi connectivity index (χ2v) is 6.61. The largest absolute Gasteiger partial charge is 0.339 e. The summed E-state index contributed by atoms with van der Waals surface area (Å²) in [5, 5.41) is 4.07. The monoisotopic (exact) mass is 341 g/mol. The molecule has 1 amide bonds. The Bertz CT molecular complexity index is 658. The van der Waals surface area contributed by atoms with Gasteiger partial charge in [-0.1, -0.05) is 30.3 Å². The summed E-state index contributed by atoms with van der Waals surface area (Å²) in [6, 6.07) is 11.3. The number of hydrogen-bond acceptors (Lipinski definition) is 4. The first-order valence-electron chi connectivity index (χ1n) is 9.10. The highest BCUT2D eigenvalue weighted by molar-refractivity contribution is 5.76. The van der Waals surface area contributed by atoms with E-state index in [2.05, 4.69) is 59.2 Å². The van der Waals surface area contributed by atoms with Gasteiger partial charge in [-0.3, -0.25) is 14.4 Å². The molecule has 0 unspecified atom stereocenters. The topological polar surface area (TPSA) is 54.3 Å². The van der Waals surface area contributed by atoms with Crippen molar-refractivity contribution in [2.75, 3.05) is 19.6 Å². The summed E-state index contributed by atoms with van der Waals surface area (Å²) in [6.45, 7) is 7.64. The van der Waals surface area contributed by atoms with Crippen LogP contribution in [0.1, 0.15) is 38.3 Å². The van der Waals surface area contributed by atoms with Crippen molar-refractivity contribution in [1.82, 2.24) is 24.6 Å². The summed E-state index contributed by atoms with van der Waals surface area (Å²) in [5.74, 6) is 0.206. The minimum Gasteiger partial charge on any atom is -0.339 e. The Morgan fingerprint density at radius 1 is 1.36 bits per heavy atom. The van der Waals surface area contributed by atoms with E-state index in [9.17, 15) is 4.79 Å². The Hall–Kier alpha value is -2.21. The summed E-state index contributed by atoms with van der Waals surface area (Å²) in [4.78, 5) is 21.1. The molecule has 2 heterocycles. The lowest BCUT2D eigenvalue weighted by Gasteiger charge is -2.30. The molecule has 3 rings (SSSR count). The maximum Gasteiger partial charge on any atom is 0.224 e. The van der Waals surface area contributed by atoms with Crippen molar-refractivity contribution in [2.45, 2.75) is 45.3 Å². The molecule has 6 nitrogen and oxygen atoms in total. The normalized spacial score (nSPS) is 19.0. The van der Waals surface area contributed by atoms with Gasteiger partial charge in [0.1, 0.15) is 12.7 Å². The summed E-state index contributed by atoms with van der Waals surface area (Å²) < 4.78 is 1.71. The van der Waals surface area contributed by atoms with E-state index in [0.717, 1.165) is 26.1 Å². The zero-order valence-electron chi connectivity index (χ0n) is 15.1. The molecule has 2 aromatic rings. The third-order valence-electron chi connectivity index (χ3n) is 5.15. The van der Waals surface area contributed by atoms with Crippen molar-refractivity contribution in [1.29, 1.82) is 0 Å². The third kappa shape index (κ3) is 4.25. The van der Waals surface area contributed by atoms with Gasteiger partial charge in [0, 0.05) is 38.1 Å². The van der Waals surface area contributed by atoms with Crippen molar-refractivity contribution < 1.29 is 4.79 Å². The van der Waals surface area contributed by atoms with E-state index in [0.29, 0.717) is 25.0 Å². The number of benzene rings is 1. The molecular formula is C19H27N5O. The Kier molecular flexibility index (Phi) is 5.81. The second kappa shape index (κ2) is 8.25. The minimum absolute atomic E-state index is 0.206. The molecule has 1 saturated heterocycles. The number of nitrogens with zero attached hydrogens (tertiary/aromatic N) is 5. The average molecular weight is 341 g/mol. The highest BCUT2D eigenvalue weighted by Gasteiger charge is 2.32. The van der Waals surface area contributed by atoms with Gasteiger partial charge in [-0.05, 0) is 25.8 Å². The number of carbonyl (C=O) groups excluding carboxylic acids is 1. The number of aromatic nitrogens is 3. The number of carbonyl (C=O) groups is 1. The standard InChI is InChI=1S/C19H27N5O/c1-3-24(19(25)10-12-23-15-20-14-21-23)18-9-11-22(13-18)16(2)17-7-5-4-6-8-17/h4-8,14-16,18H,3,9-13H2,1-2H3/t16-,18-/m0/s1. The molecule has 6 heteroatoms. The molecule has 25 heavy (non-hydrogen) atoms. The molecule has 1 aromatic carbocycles. The van der Waals surface area contributed by atoms with Crippen LogP contribution >= 0.6 is 0 Å². The zero-order chi connectivity index (χ0) is 17.6. The fourth-order valence-corrected chi connectivity index (χ4v) is 3.66. The van der Waals surface area contributed by atoms with Gasteiger partial charge in [0.2, 0.25) is 5.91 Å². The van der Waals surface area contributed by atoms with Crippen LogP contribution in [0.15, 0.2) is 43.0 Å². The fourth-order valence-electron chi connectivity index (χ4n) is 3.66. The lowest BCUT2D eigenvalue weighted by molar-refractivity contribution is -0.133. The molecule has 0 N–H and O–H groups in total. The van der Waals surface area contributed by atoms with Crippen LogP contribution in [-0.4, -0.2) is 56.1 Å². The molecule has 1 fully saturated rings. The minimum atomic E-state index is 0.206. The van der Waals surface area contributed by atoms with Crippen LogP contribution in [0.5, 0.6) is 0 Å². The quantitative estimate of drug-likeness (QED) is 0.776. The maximum absolute atomic E-state index is 12.6. The van der Waals surface area contributed by atoms with E-state index in [-0.39, 0.29) is 5.91 Å². The van der Waals surface area contributed by atoms with Crippen LogP contribution in [0, 0.1) is 0 Å². The Labute approximate surface area is 149 Å². The van der Waals surface area contributed by atoms with Gasteiger partial charge in [-0.15, -0.1) is 0 Å². The zero-order valence-corrected chi connectivity index (χ0v) is 15.1. The van der Waals surface area contributed by atoms with Crippen LogP contribution in [0.3, 0.4) is 0 Å². The molecule has 1 aliphatic heterocycles. The SMILES string of the molecule is CCN(C(=O)CCn1cncn1)[C@H]1CCN([C@@H](C)c2ccccc2)C1. The number of rotatable bonds is 7. The molecule has 2 atom stereocenters. The van der Waals surface area contributed by atoms with Gasteiger partial charge in [0.05, 0.1) is 6.54 Å². The molecule has 1 aliphatic rings. The predicted molar refractivity (Wildman–Crippen MR) is 96.9 cm³/mol. The van der Waals surface area contributed by atoms with Crippen LogP contribution in [0.4, 0.5) is 0 Å². The van der Waals surface area contributed by atoms with E-state index in [1.807, 2.05) is 4.90 Å². The Morgan fingerprint density at radius 2 is 2.16 bits per heavy atom. The van der Waals surface area contributed by atoms with Gasteiger partial charge in [0.25, 0.3) is 0 Å². The van der Waals surface area contributed by atoms with E-state index in [1.165, 1.54) is 11.9 Å². The fraction of sp³-hybridized carbons (Fsp3) is 0.526. The molecule has 1 aromatic heterocycles. The molecule has 0 aliphatic carbocycles. The Balaban J connectivity index is 1.56. The van der Waals surface area contributed by atoms with Crippen molar-refractivity contribution in [2.24, 2.45) is 0 Å². The third-order valence-corrected chi connectivity index (χ3v) is 5.15. The summed E-state index contributed by atoms with van der Waals surface area (Å²) >= 11 is 0. The molecule has 0 radical (unpaired) electrons. The van der Waals surface area contributed by atoms with Crippen molar-refractivity contribution >= 4 is 5.91 Å².